The minimum absolute atomic E-state index is 0.0100. The lowest BCUT2D eigenvalue weighted by molar-refractivity contribution is 0.254. The highest BCUT2D eigenvalue weighted by Gasteiger charge is 2.32. The number of alkyl halides is 1. The number of anilines is 3. The molecule has 2 N–H and O–H groups in total. The van der Waals surface area contributed by atoms with Crippen LogP contribution in [0.2, 0.25) is 5.15 Å². The van der Waals surface area contributed by atoms with Crippen molar-refractivity contribution < 1.29 is 17.2 Å². The number of hydrogen-bond acceptors (Lipinski definition) is 7. The van der Waals surface area contributed by atoms with E-state index in [1.54, 1.807) is 44.4 Å². The summed E-state index contributed by atoms with van der Waals surface area (Å²) in [6, 6.07) is 5.16. The number of nitrogens with zero attached hydrogens (tertiary/aromatic N) is 4. The summed E-state index contributed by atoms with van der Waals surface area (Å²) in [5, 5.41) is 2.97. The molecular formula is C23H21ClF2N6O2S. The van der Waals surface area contributed by atoms with Crippen molar-refractivity contribution in [2.45, 2.75) is 32.9 Å². The molecule has 4 rings (SSSR count). The molecule has 0 bridgehead atoms. The normalized spacial score (nSPS) is 18.0. The molecular weight excluding hydrogens is 498 g/mol. The number of hydrogen-bond donors (Lipinski definition) is 2. The van der Waals surface area contributed by atoms with Crippen molar-refractivity contribution in [3.05, 3.63) is 76.2 Å². The number of pyridine rings is 2. The number of rotatable bonds is 6. The molecule has 8 nitrogen and oxygen atoms in total. The predicted octanol–water partition coefficient (Wildman–Crippen LogP) is 5.56. The molecule has 0 aliphatic heterocycles. The maximum Gasteiger partial charge on any atom is 0.264 e. The molecule has 1 atom stereocenters. The van der Waals surface area contributed by atoms with E-state index in [1.165, 1.54) is 6.20 Å². The summed E-state index contributed by atoms with van der Waals surface area (Å²) in [6.45, 7) is 4.59. The zero-order valence-corrected chi connectivity index (χ0v) is 20.5. The quantitative estimate of drug-likeness (QED) is 0.411. The maximum atomic E-state index is 14.4. The zero-order valence-electron chi connectivity index (χ0n) is 19.0. The molecule has 1 aliphatic rings. The van der Waals surface area contributed by atoms with Gasteiger partial charge in [-0.15, -0.1) is 0 Å². The Balaban J connectivity index is 1.66. The lowest BCUT2D eigenvalue weighted by Gasteiger charge is -2.21. The number of allylic oxidation sites excluding steroid dienone is 3. The van der Waals surface area contributed by atoms with E-state index in [-0.39, 0.29) is 17.3 Å². The highest BCUT2D eigenvalue weighted by molar-refractivity contribution is 7.96. The van der Waals surface area contributed by atoms with Gasteiger partial charge in [0.05, 0.1) is 5.69 Å². The third kappa shape index (κ3) is 5.46. The largest absolute Gasteiger partial charge is 0.325 e. The fourth-order valence-electron chi connectivity index (χ4n) is 3.52. The van der Waals surface area contributed by atoms with Crippen LogP contribution in [0.5, 0.6) is 0 Å². The minimum Gasteiger partial charge on any atom is -0.325 e. The Kier molecular flexibility index (Phi) is 6.56. The third-order valence-corrected chi connectivity index (χ3v) is 6.97. The lowest BCUT2D eigenvalue weighted by atomic mass is 9.99. The monoisotopic (exact) mass is 518 g/mol. The minimum atomic E-state index is -4.39. The van der Waals surface area contributed by atoms with Gasteiger partial charge in [0.25, 0.3) is 10.0 Å². The Labute approximate surface area is 206 Å². The first-order valence-corrected chi connectivity index (χ1v) is 12.3. The van der Waals surface area contributed by atoms with Crippen LogP contribution in [0.25, 0.3) is 11.1 Å². The Hall–Kier alpha value is -3.44. The lowest BCUT2D eigenvalue weighted by Crippen LogP contribution is -2.23. The van der Waals surface area contributed by atoms with Gasteiger partial charge in [0.15, 0.2) is 5.15 Å². The van der Waals surface area contributed by atoms with Crippen LogP contribution in [0.3, 0.4) is 0 Å². The van der Waals surface area contributed by atoms with Crippen LogP contribution in [-0.2, 0) is 10.0 Å². The van der Waals surface area contributed by atoms with E-state index in [0.29, 0.717) is 40.2 Å². The Morgan fingerprint density at radius 2 is 1.86 bits per heavy atom. The fourth-order valence-corrected chi connectivity index (χ4v) is 5.06. The van der Waals surface area contributed by atoms with Crippen molar-refractivity contribution in [3.8, 4) is 11.1 Å². The van der Waals surface area contributed by atoms with Gasteiger partial charge in [-0.3, -0.25) is 4.72 Å². The first kappa shape index (κ1) is 24.7. The van der Waals surface area contributed by atoms with Gasteiger partial charge in [-0.05, 0) is 56.2 Å². The number of sulfonamides is 1. The van der Waals surface area contributed by atoms with Gasteiger partial charge < -0.3 is 5.32 Å². The molecule has 12 heteroatoms. The van der Waals surface area contributed by atoms with Gasteiger partial charge in [-0.25, -0.2) is 37.1 Å². The molecule has 0 saturated carbocycles. The van der Waals surface area contributed by atoms with Crippen LogP contribution >= 0.6 is 11.6 Å². The zero-order chi connectivity index (χ0) is 25.4. The summed E-state index contributed by atoms with van der Waals surface area (Å²) in [6.07, 6.45) is 6.07. The van der Waals surface area contributed by atoms with Crippen molar-refractivity contribution in [3.63, 3.8) is 0 Å². The average molecular weight is 519 g/mol. The molecule has 35 heavy (non-hydrogen) atoms. The van der Waals surface area contributed by atoms with E-state index in [4.69, 9.17) is 11.6 Å². The smallest absolute Gasteiger partial charge is 0.264 e. The molecule has 182 valence electrons. The highest BCUT2D eigenvalue weighted by Crippen LogP contribution is 2.37. The van der Waals surface area contributed by atoms with E-state index in [9.17, 15) is 17.2 Å². The summed E-state index contributed by atoms with van der Waals surface area (Å²) in [5.74, 6) is 0.473. The van der Waals surface area contributed by atoms with Crippen LogP contribution in [-0.4, -0.2) is 34.0 Å². The van der Waals surface area contributed by atoms with Gasteiger partial charge in [-0.2, -0.15) is 0 Å². The second kappa shape index (κ2) is 9.31. The molecule has 3 aromatic rings. The van der Waals surface area contributed by atoms with Crippen LogP contribution in [0, 0.1) is 13.8 Å². The van der Waals surface area contributed by atoms with Crippen molar-refractivity contribution >= 4 is 38.9 Å². The number of aryl methyl sites for hydroxylation is 1. The van der Waals surface area contributed by atoms with Crippen molar-refractivity contribution in [1.82, 2.24) is 19.9 Å². The fraction of sp³-hybridized carbons (Fsp3) is 0.217. The van der Waals surface area contributed by atoms with Crippen LogP contribution in [0.1, 0.15) is 24.7 Å². The molecule has 1 unspecified atom stereocenters. The molecule has 1 aliphatic carbocycles. The van der Waals surface area contributed by atoms with Gasteiger partial charge in [0.1, 0.15) is 33.9 Å². The molecule has 0 spiro atoms. The van der Waals surface area contributed by atoms with E-state index in [0.717, 1.165) is 13.0 Å². The summed E-state index contributed by atoms with van der Waals surface area (Å²) in [4.78, 5) is 16.1. The van der Waals surface area contributed by atoms with Crippen molar-refractivity contribution in [2.24, 2.45) is 0 Å². The topological polar surface area (TPSA) is 110 Å². The predicted molar refractivity (Wildman–Crippen MR) is 131 cm³/mol. The first-order chi connectivity index (χ1) is 16.4. The van der Waals surface area contributed by atoms with Gasteiger partial charge in [0.2, 0.25) is 0 Å². The molecule has 0 saturated heterocycles. The van der Waals surface area contributed by atoms with Gasteiger partial charge in [-0.1, -0.05) is 17.7 Å². The van der Waals surface area contributed by atoms with E-state index >= 15 is 0 Å². The standard InChI is InChI=1S/C23H21ClF2N6O2S/c1-13-16(15-5-8-28-20(10-15)31-19-6-9-27-14(2)30-19)12-29-22(24)21(13)32-35(33,34)18-4-7-23(3,26)11-17(18)25/h4-6,8-12,32H,7H2,1-3H3,(H,27,28,30,31). The molecule has 0 amide bonds. The van der Waals surface area contributed by atoms with Crippen molar-refractivity contribution in [2.75, 3.05) is 10.0 Å². The molecule has 0 radical (unpaired) electrons. The van der Waals surface area contributed by atoms with Gasteiger partial charge in [0, 0.05) is 30.6 Å². The molecule has 3 heterocycles. The number of aromatic nitrogens is 4. The second-order valence-corrected chi connectivity index (χ2v) is 10.2. The molecule has 3 aromatic heterocycles. The van der Waals surface area contributed by atoms with E-state index in [2.05, 4.69) is 30.0 Å². The Bertz CT molecular complexity index is 1470. The average Bonchev–Trinajstić information content (AvgIpc) is 2.76. The summed E-state index contributed by atoms with van der Waals surface area (Å²) < 4.78 is 56.6. The number of halogens is 3. The SMILES string of the molecule is Cc1nccc(Nc2cc(-c3cnc(Cl)c(NS(=O)(=O)C4=CCC(C)(F)C=C4F)c3C)ccn2)n1. The third-order valence-electron chi connectivity index (χ3n) is 5.27. The highest BCUT2D eigenvalue weighted by atomic mass is 35.5. The molecule has 0 aromatic carbocycles. The summed E-state index contributed by atoms with van der Waals surface area (Å²) in [7, 11) is -4.39. The summed E-state index contributed by atoms with van der Waals surface area (Å²) >= 11 is 6.20. The Morgan fingerprint density at radius 3 is 2.57 bits per heavy atom. The van der Waals surface area contributed by atoms with Crippen LogP contribution in [0.4, 0.5) is 26.1 Å². The van der Waals surface area contributed by atoms with E-state index < -0.39 is 26.4 Å². The Morgan fingerprint density at radius 1 is 1.11 bits per heavy atom. The van der Waals surface area contributed by atoms with Crippen LogP contribution in [0.15, 0.2) is 59.7 Å². The van der Waals surface area contributed by atoms with E-state index in [1.807, 2.05) is 0 Å². The second-order valence-electron chi connectivity index (χ2n) is 8.15. The van der Waals surface area contributed by atoms with Crippen molar-refractivity contribution in [1.29, 1.82) is 0 Å². The molecule has 0 fully saturated rings. The number of nitrogens with one attached hydrogen (secondary N) is 2. The van der Waals surface area contributed by atoms with Gasteiger partial charge >= 0.3 is 0 Å². The maximum absolute atomic E-state index is 14.4. The summed E-state index contributed by atoms with van der Waals surface area (Å²) in [5.41, 5.74) is -0.271. The first-order valence-electron chi connectivity index (χ1n) is 10.4. The van der Waals surface area contributed by atoms with Crippen LogP contribution < -0.4 is 10.0 Å².